The Morgan fingerprint density at radius 2 is 2.03 bits per heavy atom. The van der Waals surface area contributed by atoms with E-state index in [0.29, 0.717) is 25.6 Å². The van der Waals surface area contributed by atoms with Crippen molar-refractivity contribution in [3.05, 3.63) is 59.4 Å². The predicted molar refractivity (Wildman–Crippen MR) is 132 cm³/mol. The highest BCUT2D eigenvalue weighted by Crippen LogP contribution is 2.19. The summed E-state index contributed by atoms with van der Waals surface area (Å²) in [7, 11) is 3.42. The highest BCUT2D eigenvalue weighted by Gasteiger charge is 2.07. The molecule has 3 aromatic rings. The minimum atomic E-state index is 0. The van der Waals surface area contributed by atoms with Crippen molar-refractivity contribution in [2.45, 2.75) is 19.9 Å². The number of halogens is 1. The number of hydrogen-bond acceptors (Lipinski definition) is 4. The Kier molecular flexibility index (Phi) is 9.88. The van der Waals surface area contributed by atoms with E-state index in [1.54, 1.807) is 20.4 Å². The van der Waals surface area contributed by atoms with Gasteiger partial charge in [0.25, 0.3) is 0 Å². The molecule has 1 aromatic carbocycles. The van der Waals surface area contributed by atoms with E-state index in [4.69, 9.17) is 9.47 Å². The lowest BCUT2D eigenvalue weighted by molar-refractivity contribution is 0.143. The second-order valence-electron chi connectivity index (χ2n) is 6.77. The molecule has 7 nitrogen and oxygen atoms in total. The van der Waals surface area contributed by atoms with Gasteiger partial charge in [0.05, 0.1) is 6.61 Å². The van der Waals surface area contributed by atoms with Crippen LogP contribution in [-0.4, -0.2) is 49.8 Å². The second kappa shape index (κ2) is 12.4. The van der Waals surface area contributed by atoms with Crippen LogP contribution < -0.4 is 15.4 Å². The first-order chi connectivity index (χ1) is 14.2. The summed E-state index contributed by atoms with van der Waals surface area (Å²) in [6.45, 7) is 4.46. The van der Waals surface area contributed by atoms with Gasteiger partial charge in [0.2, 0.25) is 5.88 Å². The van der Waals surface area contributed by atoms with Crippen LogP contribution in [0.25, 0.3) is 10.9 Å². The van der Waals surface area contributed by atoms with Crippen LogP contribution in [0.5, 0.6) is 5.88 Å². The zero-order valence-electron chi connectivity index (χ0n) is 17.7. The standard InChI is InChI=1S/C22H29N5O2.HI/c1-16-6-7-19-17(14-26-20(19)13-16)8-10-25-22(23-2)27-15-18-5-4-9-24-21(18)29-12-11-28-3;/h4-7,9,13-14,26H,8,10-12,15H2,1-3H3,(H2,23,25,27);1H. The highest BCUT2D eigenvalue weighted by molar-refractivity contribution is 14.0. The lowest BCUT2D eigenvalue weighted by Gasteiger charge is -2.14. The first kappa shape index (κ1) is 23.9. The average molecular weight is 523 g/mol. The minimum Gasteiger partial charge on any atom is -0.475 e. The van der Waals surface area contributed by atoms with Gasteiger partial charge in [-0.25, -0.2) is 4.98 Å². The van der Waals surface area contributed by atoms with Gasteiger partial charge in [-0.05, 0) is 36.6 Å². The molecule has 0 spiro atoms. The largest absolute Gasteiger partial charge is 0.475 e. The van der Waals surface area contributed by atoms with Crippen LogP contribution >= 0.6 is 24.0 Å². The van der Waals surface area contributed by atoms with Crippen molar-refractivity contribution in [2.24, 2.45) is 4.99 Å². The first-order valence-electron chi connectivity index (χ1n) is 9.78. The summed E-state index contributed by atoms with van der Waals surface area (Å²) in [5.41, 5.74) is 4.71. The number of methoxy groups -OCH3 is 1. The molecular formula is C22H30IN5O2. The van der Waals surface area contributed by atoms with Crippen molar-refractivity contribution in [1.82, 2.24) is 20.6 Å². The molecule has 0 atom stereocenters. The Morgan fingerprint density at radius 1 is 1.17 bits per heavy atom. The average Bonchev–Trinajstić information content (AvgIpc) is 3.13. The molecule has 2 aromatic heterocycles. The van der Waals surface area contributed by atoms with Gasteiger partial charge in [0.1, 0.15) is 6.61 Å². The number of aryl methyl sites for hydroxylation is 1. The Morgan fingerprint density at radius 3 is 2.83 bits per heavy atom. The molecular weight excluding hydrogens is 493 g/mol. The second-order valence-corrected chi connectivity index (χ2v) is 6.77. The van der Waals surface area contributed by atoms with E-state index in [9.17, 15) is 0 Å². The lowest BCUT2D eigenvalue weighted by atomic mass is 10.1. The number of nitrogens with zero attached hydrogens (tertiary/aromatic N) is 2. The number of rotatable bonds is 9. The quantitative estimate of drug-likeness (QED) is 0.173. The summed E-state index contributed by atoms with van der Waals surface area (Å²) in [4.78, 5) is 12.0. The number of aromatic amines is 1. The number of guanidine groups is 1. The monoisotopic (exact) mass is 523 g/mol. The van der Waals surface area contributed by atoms with E-state index < -0.39 is 0 Å². The number of aromatic nitrogens is 2. The summed E-state index contributed by atoms with van der Waals surface area (Å²) in [6.07, 6.45) is 4.71. The van der Waals surface area contributed by atoms with Crippen LogP contribution in [-0.2, 0) is 17.7 Å². The third kappa shape index (κ3) is 6.60. The molecule has 0 radical (unpaired) electrons. The van der Waals surface area contributed by atoms with Crippen LogP contribution in [0.2, 0.25) is 0 Å². The zero-order valence-corrected chi connectivity index (χ0v) is 20.0. The van der Waals surface area contributed by atoms with Gasteiger partial charge in [0, 0.05) is 56.1 Å². The number of ether oxygens (including phenoxy) is 2. The molecule has 0 fully saturated rings. The van der Waals surface area contributed by atoms with Crippen molar-refractivity contribution < 1.29 is 9.47 Å². The number of pyridine rings is 1. The van der Waals surface area contributed by atoms with E-state index in [-0.39, 0.29) is 24.0 Å². The lowest BCUT2D eigenvalue weighted by Crippen LogP contribution is -2.38. The van der Waals surface area contributed by atoms with Crippen molar-refractivity contribution in [3.63, 3.8) is 0 Å². The molecule has 30 heavy (non-hydrogen) atoms. The topological polar surface area (TPSA) is 83.6 Å². The molecule has 0 saturated heterocycles. The van der Waals surface area contributed by atoms with Crippen LogP contribution in [0.15, 0.2) is 47.7 Å². The Balaban J connectivity index is 0.00000320. The number of aliphatic imine (C=N–C) groups is 1. The molecule has 0 bridgehead atoms. The number of fused-ring (bicyclic) bond motifs is 1. The Bertz CT molecular complexity index is 958. The van der Waals surface area contributed by atoms with E-state index in [0.717, 1.165) is 24.5 Å². The summed E-state index contributed by atoms with van der Waals surface area (Å²) in [6, 6.07) is 10.4. The Hall–Kier alpha value is -2.33. The van der Waals surface area contributed by atoms with Crippen molar-refractivity contribution in [1.29, 1.82) is 0 Å². The maximum Gasteiger partial charge on any atom is 0.218 e. The Labute approximate surface area is 194 Å². The molecule has 162 valence electrons. The molecule has 0 aliphatic rings. The molecule has 0 aliphatic carbocycles. The van der Waals surface area contributed by atoms with Crippen LogP contribution in [0, 0.1) is 6.92 Å². The van der Waals surface area contributed by atoms with Crippen molar-refractivity contribution in [2.75, 3.05) is 33.9 Å². The van der Waals surface area contributed by atoms with Gasteiger partial charge in [-0.1, -0.05) is 18.2 Å². The van der Waals surface area contributed by atoms with Gasteiger partial charge in [-0.2, -0.15) is 0 Å². The fourth-order valence-corrected chi connectivity index (χ4v) is 3.13. The third-order valence-electron chi connectivity index (χ3n) is 4.66. The number of nitrogens with one attached hydrogen (secondary N) is 3. The predicted octanol–water partition coefficient (Wildman–Crippen LogP) is 3.42. The zero-order chi connectivity index (χ0) is 20.5. The molecule has 0 saturated carbocycles. The fraction of sp³-hybridized carbons (Fsp3) is 0.364. The normalized spacial score (nSPS) is 11.2. The van der Waals surface area contributed by atoms with Crippen LogP contribution in [0.1, 0.15) is 16.7 Å². The maximum atomic E-state index is 5.68. The minimum absolute atomic E-state index is 0. The number of H-pyrrole nitrogens is 1. The van der Waals surface area contributed by atoms with Gasteiger partial charge in [-0.3, -0.25) is 4.99 Å². The van der Waals surface area contributed by atoms with E-state index in [1.165, 1.54) is 22.0 Å². The molecule has 3 N–H and O–H groups in total. The van der Waals surface area contributed by atoms with Crippen LogP contribution in [0.3, 0.4) is 0 Å². The van der Waals surface area contributed by atoms with E-state index in [2.05, 4.69) is 56.9 Å². The molecule has 0 unspecified atom stereocenters. The molecule has 2 heterocycles. The molecule has 0 amide bonds. The molecule has 3 rings (SSSR count). The summed E-state index contributed by atoms with van der Waals surface area (Å²) in [5, 5.41) is 7.96. The third-order valence-corrected chi connectivity index (χ3v) is 4.66. The number of hydrogen-bond donors (Lipinski definition) is 3. The van der Waals surface area contributed by atoms with Gasteiger partial charge < -0.3 is 25.1 Å². The number of benzene rings is 1. The molecule has 0 aliphatic heterocycles. The van der Waals surface area contributed by atoms with Gasteiger partial charge in [0.15, 0.2) is 5.96 Å². The maximum absolute atomic E-state index is 5.68. The highest BCUT2D eigenvalue weighted by atomic mass is 127. The SMILES string of the molecule is CN=C(NCCc1c[nH]c2cc(C)ccc12)NCc1cccnc1OCCOC.I. The molecule has 8 heteroatoms. The van der Waals surface area contributed by atoms with E-state index in [1.807, 2.05) is 12.1 Å². The van der Waals surface area contributed by atoms with Crippen molar-refractivity contribution in [3.8, 4) is 5.88 Å². The van der Waals surface area contributed by atoms with Gasteiger partial charge >= 0.3 is 0 Å². The van der Waals surface area contributed by atoms with Gasteiger partial charge in [-0.15, -0.1) is 24.0 Å². The summed E-state index contributed by atoms with van der Waals surface area (Å²) >= 11 is 0. The summed E-state index contributed by atoms with van der Waals surface area (Å²) in [5.74, 6) is 1.36. The van der Waals surface area contributed by atoms with Crippen molar-refractivity contribution >= 4 is 40.8 Å². The van der Waals surface area contributed by atoms with Crippen LogP contribution in [0.4, 0.5) is 0 Å². The smallest absolute Gasteiger partial charge is 0.218 e. The van der Waals surface area contributed by atoms with E-state index >= 15 is 0 Å². The summed E-state index contributed by atoms with van der Waals surface area (Å²) < 4.78 is 10.7. The first-order valence-corrected chi connectivity index (χ1v) is 9.78. The fourth-order valence-electron chi connectivity index (χ4n) is 3.13.